The summed E-state index contributed by atoms with van der Waals surface area (Å²) in [6.45, 7) is 2.46. The van der Waals surface area contributed by atoms with Gasteiger partial charge in [0.25, 0.3) is 0 Å². The first kappa shape index (κ1) is 14.8. The van der Waals surface area contributed by atoms with E-state index in [1.807, 2.05) is 31.0 Å². The number of aromatic nitrogens is 1. The minimum Gasteiger partial charge on any atom is -0.496 e. The molecule has 0 amide bonds. The Balaban J connectivity index is 2.24. The van der Waals surface area contributed by atoms with Gasteiger partial charge < -0.3 is 9.64 Å². The van der Waals surface area contributed by atoms with E-state index in [9.17, 15) is 4.39 Å². The molecule has 0 unspecified atom stereocenters. The fraction of sp³-hybridized carbons (Fsp3) is 0.267. The standard InChI is InChI=1S/C15H16BrFN2O/c1-10-13(16)5-7-15(18-10)19(2)9-11-8-12(17)4-6-14(11)20-3/h4-8H,9H2,1-3H3. The lowest BCUT2D eigenvalue weighted by molar-refractivity contribution is 0.408. The molecule has 106 valence electrons. The number of nitrogens with zero attached hydrogens (tertiary/aromatic N) is 2. The molecular formula is C15H16BrFN2O. The Morgan fingerprint density at radius 1 is 1.30 bits per heavy atom. The van der Waals surface area contributed by atoms with Gasteiger partial charge in [-0.1, -0.05) is 0 Å². The minimum absolute atomic E-state index is 0.269. The van der Waals surface area contributed by atoms with E-state index in [1.165, 1.54) is 12.1 Å². The van der Waals surface area contributed by atoms with Gasteiger partial charge in [0, 0.05) is 23.6 Å². The third-order valence-electron chi connectivity index (χ3n) is 3.05. The topological polar surface area (TPSA) is 25.4 Å². The molecule has 0 radical (unpaired) electrons. The summed E-state index contributed by atoms with van der Waals surface area (Å²) in [5.41, 5.74) is 1.71. The van der Waals surface area contributed by atoms with E-state index in [0.29, 0.717) is 12.3 Å². The van der Waals surface area contributed by atoms with Crippen LogP contribution in [0.4, 0.5) is 10.2 Å². The zero-order valence-corrected chi connectivity index (χ0v) is 13.2. The van der Waals surface area contributed by atoms with Crippen molar-refractivity contribution in [2.45, 2.75) is 13.5 Å². The van der Waals surface area contributed by atoms with Gasteiger partial charge in [0.2, 0.25) is 0 Å². The number of hydrogen-bond donors (Lipinski definition) is 0. The van der Waals surface area contributed by atoms with Crippen LogP contribution in [0.2, 0.25) is 0 Å². The van der Waals surface area contributed by atoms with Gasteiger partial charge in [0.1, 0.15) is 17.4 Å². The van der Waals surface area contributed by atoms with Crippen molar-refractivity contribution in [2.75, 3.05) is 19.1 Å². The fourth-order valence-corrected chi connectivity index (χ4v) is 2.17. The highest BCUT2D eigenvalue weighted by Gasteiger charge is 2.10. The number of methoxy groups -OCH3 is 1. The van der Waals surface area contributed by atoms with E-state index < -0.39 is 0 Å². The average molecular weight is 339 g/mol. The third-order valence-corrected chi connectivity index (χ3v) is 3.89. The van der Waals surface area contributed by atoms with Crippen molar-refractivity contribution >= 4 is 21.7 Å². The van der Waals surface area contributed by atoms with Gasteiger partial charge in [-0.05, 0) is 53.2 Å². The predicted molar refractivity (Wildman–Crippen MR) is 81.7 cm³/mol. The van der Waals surface area contributed by atoms with Crippen molar-refractivity contribution in [2.24, 2.45) is 0 Å². The Hall–Kier alpha value is -1.62. The van der Waals surface area contributed by atoms with Crippen LogP contribution in [0.1, 0.15) is 11.3 Å². The Morgan fingerprint density at radius 2 is 2.05 bits per heavy atom. The van der Waals surface area contributed by atoms with Crippen molar-refractivity contribution in [3.8, 4) is 5.75 Å². The van der Waals surface area contributed by atoms with E-state index >= 15 is 0 Å². The molecule has 0 atom stereocenters. The first-order chi connectivity index (χ1) is 9.51. The molecule has 2 aromatic rings. The highest BCUT2D eigenvalue weighted by molar-refractivity contribution is 9.10. The summed E-state index contributed by atoms with van der Waals surface area (Å²) >= 11 is 3.43. The second-order valence-electron chi connectivity index (χ2n) is 4.55. The molecule has 0 spiro atoms. The molecule has 0 N–H and O–H groups in total. The number of pyridine rings is 1. The molecule has 0 aliphatic heterocycles. The Kier molecular flexibility index (Phi) is 4.60. The normalized spacial score (nSPS) is 10.4. The third kappa shape index (κ3) is 3.28. The second-order valence-corrected chi connectivity index (χ2v) is 5.40. The van der Waals surface area contributed by atoms with Crippen LogP contribution in [0.15, 0.2) is 34.8 Å². The monoisotopic (exact) mass is 338 g/mol. The van der Waals surface area contributed by atoms with Crippen LogP contribution >= 0.6 is 15.9 Å². The smallest absolute Gasteiger partial charge is 0.128 e. The number of rotatable bonds is 4. The van der Waals surface area contributed by atoms with Gasteiger partial charge >= 0.3 is 0 Å². The van der Waals surface area contributed by atoms with Crippen LogP contribution < -0.4 is 9.64 Å². The fourth-order valence-electron chi connectivity index (χ4n) is 1.95. The highest BCUT2D eigenvalue weighted by atomic mass is 79.9. The maximum absolute atomic E-state index is 13.4. The molecule has 0 saturated heterocycles. The van der Waals surface area contributed by atoms with Gasteiger partial charge in [0.15, 0.2) is 0 Å². The first-order valence-electron chi connectivity index (χ1n) is 6.18. The van der Waals surface area contributed by atoms with Gasteiger partial charge in [-0.2, -0.15) is 0 Å². The summed E-state index contributed by atoms with van der Waals surface area (Å²) in [6.07, 6.45) is 0. The first-order valence-corrected chi connectivity index (χ1v) is 6.97. The molecule has 2 rings (SSSR count). The second kappa shape index (κ2) is 6.22. The van der Waals surface area contributed by atoms with E-state index in [4.69, 9.17) is 4.74 Å². The summed E-state index contributed by atoms with van der Waals surface area (Å²) in [5, 5.41) is 0. The van der Waals surface area contributed by atoms with E-state index in [2.05, 4.69) is 20.9 Å². The lowest BCUT2D eigenvalue weighted by atomic mass is 10.2. The lowest BCUT2D eigenvalue weighted by Gasteiger charge is -2.20. The van der Waals surface area contributed by atoms with Crippen molar-refractivity contribution in [1.29, 1.82) is 0 Å². The summed E-state index contributed by atoms with van der Waals surface area (Å²) in [6, 6.07) is 8.39. The van der Waals surface area contributed by atoms with Crippen LogP contribution in [-0.4, -0.2) is 19.1 Å². The molecule has 5 heteroatoms. The number of hydrogen-bond acceptors (Lipinski definition) is 3. The minimum atomic E-state index is -0.269. The van der Waals surface area contributed by atoms with Gasteiger partial charge in [-0.25, -0.2) is 9.37 Å². The molecular weight excluding hydrogens is 323 g/mol. The summed E-state index contributed by atoms with van der Waals surface area (Å²) < 4.78 is 19.6. The molecule has 3 nitrogen and oxygen atoms in total. The lowest BCUT2D eigenvalue weighted by Crippen LogP contribution is -2.18. The number of aryl methyl sites for hydroxylation is 1. The van der Waals surface area contributed by atoms with Crippen molar-refractivity contribution < 1.29 is 9.13 Å². The number of halogens is 2. The Morgan fingerprint density at radius 3 is 2.70 bits per heavy atom. The molecule has 0 saturated carbocycles. The molecule has 20 heavy (non-hydrogen) atoms. The maximum Gasteiger partial charge on any atom is 0.128 e. The Bertz CT molecular complexity index is 619. The van der Waals surface area contributed by atoms with Crippen molar-refractivity contribution in [3.05, 3.63) is 51.9 Å². The molecule has 1 heterocycles. The Labute approximate surface area is 126 Å². The number of ether oxygens (including phenoxy) is 1. The molecule has 0 aliphatic carbocycles. The predicted octanol–water partition coefficient (Wildman–Crippen LogP) is 3.94. The van der Waals surface area contributed by atoms with E-state index in [-0.39, 0.29) is 5.82 Å². The van der Waals surface area contributed by atoms with E-state index in [0.717, 1.165) is 21.5 Å². The van der Waals surface area contributed by atoms with Crippen LogP contribution in [0, 0.1) is 12.7 Å². The summed E-state index contributed by atoms with van der Waals surface area (Å²) in [5.74, 6) is 1.23. The molecule has 1 aromatic carbocycles. The summed E-state index contributed by atoms with van der Waals surface area (Å²) in [4.78, 5) is 6.45. The maximum atomic E-state index is 13.4. The summed E-state index contributed by atoms with van der Waals surface area (Å²) in [7, 11) is 3.50. The zero-order valence-electron chi connectivity index (χ0n) is 11.7. The van der Waals surface area contributed by atoms with Gasteiger partial charge in [-0.3, -0.25) is 0 Å². The van der Waals surface area contributed by atoms with Crippen LogP contribution in [0.3, 0.4) is 0 Å². The van der Waals surface area contributed by atoms with Gasteiger partial charge in [0.05, 0.1) is 12.8 Å². The average Bonchev–Trinajstić information content (AvgIpc) is 2.42. The molecule has 0 bridgehead atoms. The highest BCUT2D eigenvalue weighted by Crippen LogP contribution is 2.24. The quantitative estimate of drug-likeness (QED) is 0.844. The van der Waals surface area contributed by atoms with E-state index in [1.54, 1.807) is 13.2 Å². The van der Waals surface area contributed by atoms with Crippen molar-refractivity contribution in [1.82, 2.24) is 4.98 Å². The number of anilines is 1. The molecule has 1 aromatic heterocycles. The SMILES string of the molecule is COc1ccc(F)cc1CN(C)c1ccc(Br)c(C)n1. The molecule has 0 aliphatic rings. The van der Waals surface area contributed by atoms with Crippen LogP contribution in [0.25, 0.3) is 0 Å². The van der Waals surface area contributed by atoms with Gasteiger partial charge in [-0.15, -0.1) is 0 Å². The molecule has 0 fully saturated rings. The number of benzene rings is 1. The zero-order chi connectivity index (χ0) is 14.7. The van der Waals surface area contributed by atoms with Crippen molar-refractivity contribution in [3.63, 3.8) is 0 Å². The van der Waals surface area contributed by atoms with Crippen LogP contribution in [0.5, 0.6) is 5.75 Å². The largest absolute Gasteiger partial charge is 0.496 e. The van der Waals surface area contributed by atoms with Crippen LogP contribution in [-0.2, 0) is 6.54 Å².